The minimum atomic E-state index is -3.54. The van der Waals surface area contributed by atoms with E-state index < -0.39 is 12.8 Å². The molecule has 32 heavy (non-hydrogen) atoms. The number of nitrogens with one attached hydrogen (secondary N) is 1. The molecule has 0 bridgehead atoms. The number of carbonyl (C=O) groups is 1. The summed E-state index contributed by atoms with van der Waals surface area (Å²) in [7, 11) is -3.54. The van der Waals surface area contributed by atoms with Gasteiger partial charge in [0.2, 0.25) is 5.91 Å². The fourth-order valence-electron chi connectivity index (χ4n) is 3.58. The van der Waals surface area contributed by atoms with E-state index in [1.54, 1.807) is 20.8 Å². The van der Waals surface area contributed by atoms with Crippen LogP contribution >= 0.6 is 7.60 Å². The summed E-state index contributed by atoms with van der Waals surface area (Å²) in [6.45, 7) is 8.45. The fraction of sp³-hybridized carbons (Fsp3) is 0.962. The summed E-state index contributed by atoms with van der Waals surface area (Å²) in [5, 5.41) is 2.27. The first-order valence-electron chi connectivity index (χ1n) is 13.4. The van der Waals surface area contributed by atoms with Crippen molar-refractivity contribution in [1.82, 2.24) is 5.32 Å². The molecule has 1 atom stereocenters. The van der Waals surface area contributed by atoms with Crippen LogP contribution in [0.2, 0.25) is 0 Å². The van der Waals surface area contributed by atoms with Crippen molar-refractivity contribution in [2.24, 2.45) is 0 Å². The maximum atomic E-state index is 12.0. The van der Waals surface area contributed by atoms with Crippen LogP contribution in [0, 0.1) is 0 Å². The molecule has 0 fully saturated rings. The van der Waals surface area contributed by atoms with E-state index in [1.807, 2.05) is 0 Å². The summed E-state index contributed by atoms with van der Waals surface area (Å²) in [6, 6.07) is 0. The average molecular weight is 476 g/mol. The van der Waals surface area contributed by atoms with Crippen LogP contribution in [-0.2, 0) is 13.9 Å². The molecule has 0 aromatic heterocycles. The van der Waals surface area contributed by atoms with Crippen LogP contribution in [0.5, 0.6) is 0 Å². The molecule has 5 nitrogen and oxygen atoms in total. The third-order valence-corrected chi connectivity index (χ3v) is 8.24. The molecular weight excluding hydrogens is 421 g/mol. The maximum absolute atomic E-state index is 12.0. The number of amides is 1. The Balaban J connectivity index is 3.33. The van der Waals surface area contributed by atoms with E-state index in [0.717, 1.165) is 45.1 Å². The third-order valence-electron chi connectivity index (χ3n) is 6.01. The highest BCUT2D eigenvalue weighted by molar-refractivity contribution is 7.54. The summed E-state index contributed by atoms with van der Waals surface area (Å²) in [4.78, 5) is 21.7. The molecule has 0 saturated heterocycles. The van der Waals surface area contributed by atoms with Gasteiger partial charge in [-0.15, -0.1) is 0 Å². The molecule has 0 saturated carbocycles. The Kier molecular flexibility index (Phi) is 19.8. The highest BCUT2D eigenvalue weighted by Crippen LogP contribution is 2.54. The normalized spacial score (nSPS) is 13.8. The molecule has 0 aliphatic carbocycles. The van der Waals surface area contributed by atoms with Crippen molar-refractivity contribution in [1.29, 1.82) is 0 Å². The molecule has 0 aromatic rings. The molecule has 0 aromatic carbocycles. The minimum absolute atomic E-state index is 0.169. The number of unbranched alkanes of at least 4 members (excludes halogenated alkanes) is 15. The van der Waals surface area contributed by atoms with E-state index in [2.05, 4.69) is 12.2 Å². The topological polar surface area (TPSA) is 75.6 Å². The van der Waals surface area contributed by atoms with E-state index >= 15 is 0 Å². The Morgan fingerprint density at radius 2 is 1.19 bits per heavy atom. The summed E-state index contributed by atoms with van der Waals surface area (Å²) in [5.74, 6) is 0.169. The smallest absolute Gasteiger partial charge is 0.333 e. The summed E-state index contributed by atoms with van der Waals surface area (Å²) in [6.07, 6.45) is 21.5. The van der Waals surface area contributed by atoms with Crippen molar-refractivity contribution < 1.29 is 18.8 Å². The van der Waals surface area contributed by atoms with Gasteiger partial charge in [0.15, 0.2) is 0 Å². The van der Waals surface area contributed by atoms with Crippen molar-refractivity contribution in [3.63, 3.8) is 0 Å². The van der Waals surface area contributed by atoms with Gasteiger partial charge in [0.05, 0.1) is 11.8 Å². The molecule has 2 N–H and O–H groups in total. The fourth-order valence-corrected chi connectivity index (χ4v) is 4.35. The third kappa shape index (κ3) is 19.1. The van der Waals surface area contributed by atoms with Crippen LogP contribution in [0.15, 0.2) is 0 Å². The second-order valence-electron chi connectivity index (χ2n) is 10.3. The van der Waals surface area contributed by atoms with Crippen molar-refractivity contribution in [2.75, 3.05) is 13.2 Å². The van der Waals surface area contributed by atoms with Gasteiger partial charge in [-0.25, -0.2) is 0 Å². The monoisotopic (exact) mass is 475 g/mol. The Morgan fingerprint density at radius 3 is 1.69 bits per heavy atom. The predicted octanol–water partition coefficient (Wildman–Crippen LogP) is 8.14. The molecule has 1 amide bonds. The van der Waals surface area contributed by atoms with Crippen LogP contribution < -0.4 is 5.32 Å². The van der Waals surface area contributed by atoms with Gasteiger partial charge in [-0.3, -0.25) is 9.36 Å². The van der Waals surface area contributed by atoms with Gasteiger partial charge in [0, 0.05) is 13.0 Å². The predicted molar refractivity (Wildman–Crippen MR) is 137 cm³/mol. The number of rotatable bonds is 22. The first-order valence-corrected chi connectivity index (χ1v) is 15.0. The number of hydrogen-bond donors (Lipinski definition) is 2. The zero-order chi connectivity index (χ0) is 24.1. The van der Waals surface area contributed by atoms with Gasteiger partial charge in [-0.2, -0.15) is 0 Å². The van der Waals surface area contributed by atoms with E-state index in [-0.39, 0.29) is 5.91 Å². The lowest BCUT2D eigenvalue weighted by Crippen LogP contribution is -2.23. The van der Waals surface area contributed by atoms with Crippen molar-refractivity contribution in [2.45, 2.75) is 148 Å². The van der Waals surface area contributed by atoms with E-state index in [1.165, 1.54) is 70.6 Å². The Labute approximate surface area is 199 Å². The van der Waals surface area contributed by atoms with Gasteiger partial charge < -0.3 is 14.7 Å². The quantitative estimate of drug-likeness (QED) is 0.122. The lowest BCUT2D eigenvalue weighted by atomic mass is 10.0. The Bertz CT molecular complexity index is 491. The van der Waals surface area contributed by atoms with E-state index in [0.29, 0.717) is 13.0 Å². The molecule has 0 spiro atoms. The van der Waals surface area contributed by atoms with Crippen LogP contribution in [0.4, 0.5) is 0 Å². The van der Waals surface area contributed by atoms with E-state index in [9.17, 15) is 14.3 Å². The van der Waals surface area contributed by atoms with Crippen LogP contribution in [-0.4, -0.2) is 29.1 Å². The molecule has 192 valence electrons. The highest BCUT2D eigenvalue weighted by Gasteiger charge is 2.35. The largest absolute Gasteiger partial charge is 0.356 e. The van der Waals surface area contributed by atoms with Gasteiger partial charge in [-0.1, -0.05) is 96.8 Å². The molecular formula is C26H54NO4P. The second-order valence-corrected chi connectivity index (χ2v) is 12.9. The van der Waals surface area contributed by atoms with Gasteiger partial charge in [-0.05, 0) is 40.0 Å². The van der Waals surface area contributed by atoms with Gasteiger partial charge in [0.1, 0.15) is 0 Å². The number of carbonyl (C=O) groups excluding carboxylic acids is 1. The lowest BCUT2D eigenvalue weighted by molar-refractivity contribution is -0.121. The van der Waals surface area contributed by atoms with Crippen molar-refractivity contribution in [3.05, 3.63) is 0 Å². The van der Waals surface area contributed by atoms with Crippen molar-refractivity contribution in [3.8, 4) is 0 Å². The van der Waals surface area contributed by atoms with Gasteiger partial charge in [0.25, 0.3) is 0 Å². The molecule has 0 heterocycles. The minimum Gasteiger partial charge on any atom is -0.356 e. The van der Waals surface area contributed by atoms with Crippen LogP contribution in [0.3, 0.4) is 0 Å². The van der Waals surface area contributed by atoms with Gasteiger partial charge >= 0.3 is 7.60 Å². The highest BCUT2D eigenvalue weighted by atomic mass is 31.2. The summed E-state index contributed by atoms with van der Waals surface area (Å²) < 4.78 is 17.2. The zero-order valence-electron chi connectivity index (χ0n) is 21.8. The number of hydrogen-bond acceptors (Lipinski definition) is 3. The Morgan fingerprint density at radius 1 is 0.750 bits per heavy atom. The lowest BCUT2D eigenvalue weighted by Gasteiger charge is -2.24. The molecule has 0 aliphatic heterocycles. The standard InChI is InChI=1S/C26H54NO4P/c1-5-6-7-8-9-10-11-12-13-14-15-16-19-22-25(28)27-23-20-17-18-21-24-31-32(29,30)26(2,3)4/h5-24H2,1-4H3,(H,27,28)(H,29,30). The molecule has 6 heteroatoms. The summed E-state index contributed by atoms with van der Waals surface area (Å²) >= 11 is 0. The maximum Gasteiger partial charge on any atom is 0.333 e. The molecule has 1 unspecified atom stereocenters. The molecule has 0 radical (unpaired) electrons. The molecule has 0 aliphatic rings. The first kappa shape index (κ1) is 31.6. The van der Waals surface area contributed by atoms with Crippen LogP contribution in [0.25, 0.3) is 0 Å². The summed E-state index contributed by atoms with van der Waals surface area (Å²) in [5.41, 5.74) is 0. The van der Waals surface area contributed by atoms with Crippen molar-refractivity contribution >= 4 is 13.5 Å². The SMILES string of the molecule is CCCCCCCCCCCCCCCC(=O)NCCCCCCOP(=O)(O)C(C)(C)C. The Hall–Kier alpha value is -0.380. The first-order chi connectivity index (χ1) is 15.2. The zero-order valence-corrected chi connectivity index (χ0v) is 22.7. The second kappa shape index (κ2) is 20.0. The average Bonchev–Trinajstić information content (AvgIpc) is 2.72. The molecule has 0 rings (SSSR count). The van der Waals surface area contributed by atoms with Crippen LogP contribution in [0.1, 0.15) is 143 Å². The van der Waals surface area contributed by atoms with E-state index in [4.69, 9.17) is 4.52 Å².